The molecule has 0 atom stereocenters. The smallest absolute Gasteiger partial charge is 0.339 e. The Morgan fingerprint density at radius 2 is 2.40 bits per heavy atom. The topological polar surface area (TPSA) is 71.5 Å². The van der Waals surface area contributed by atoms with Crippen LogP contribution in [0.15, 0.2) is 18.3 Å². The number of aliphatic hydroxyl groups is 1. The molecule has 2 N–H and O–H groups in total. The molecule has 0 radical (unpaired) electrons. The molecule has 0 saturated heterocycles. The van der Waals surface area contributed by atoms with E-state index in [2.05, 4.69) is 15.0 Å². The molecule has 0 aliphatic carbocycles. The zero-order chi connectivity index (χ0) is 11.1. The number of aromatic nitrogens is 1. The number of carbonyl (C=O) groups excluding carboxylic acids is 1. The summed E-state index contributed by atoms with van der Waals surface area (Å²) in [5, 5.41) is 11.5. The Hall–Kier alpha value is -1.46. The molecule has 0 saturated carbocycles. The van der Waals surface area contributed by atoms with E-state index in [4.69, 9.17) is 5.11 Å². The van der Waals surface area contributed by atoms with Crippen molar-refractivity contribution >= 4 is 5.97 Å². The summed E-state index contributed by atoms with van der Waals surface area (Å²) < 4.78 is 4.55. The number of rotatable bonds is 5. The van der Waals surface area contributed by atoms with Gasteiger partial charge in [0.15, 0.2) is 0 Å². The second-order valence-corrected chi connectivity index (χ2v) is 2.93. The predicted octanol–water partition coefficient (Wildman–Crippen LogP) is -0.0499. The van der Waals surface area contributed by atoms with E-state index in [0.717, 1.165) is 5.69 Å². The fourth-order valence-corrected chi connectivity index (χ4v) is 1.06. The van der Waals surface area contributed by atoms with Crippen LogP contribution in [-0.2, 0) is 11.3 Å². The molecule has 5 nitrogen and oxygen atoms in total. The summed E-state index contributed by atoms with van der Waals surface area (Å²) in [6.07, 6.45) is 1.47. The van der Waals surface area contributed by atoms with Crippen LogP contribution in [0.4, 0.5) is 0 Å². The van der Waals surface area contributed by atoms with Gasteiger partial charge in [-0.3, -0.25) is 4.98 Å². The lowest BCUT2D eigenvalue weighted by atomic mass is 10.2. The molecule has 0 spiro atoms. The van der Waals surface area contributed by atoms with Crippen LogP contribution in [0.1, 0.15) is 16.1 Å². The molecule has 0 aliphatic rings. The third-order valence-corrected chi connectivity index (χ3v) is 1.84. The van der Waals surface area contributed by atoms with Crippen LogP contribution in [-0.4, -0.2) is 36.3 Å². The van der Waals surface area contributed by atoms with Crippen molar-refractivity contribution in [2.75, 3.05) is 20.3 Å². The zero-order valence-electron chi connectivity index (χ0n) is 8.56. The Morgan fingerprint density at radius 3 is 2.93 bits per heavy atom. The van der Waals surface area contributed by atoms with Crippen molar-refractivity contribution in [3.8, 4) is 0 Å². The number of hydrogen-bond acceptors (Lipinski definition) is 5. The van der Waals surface area contributed by atoms with Crippen molar-refractivity contribution in [3.63, 3.8) is 0 Å². The summed E-state index contributed by atoms with van der Waals surface area (Å²) in [5.74, 6) is -0.391. The first kappa shape index (κ1) is 11.6. The quantitative estimate of drug-likeness (QED) is 0.526. The highest BCUT2D eigenvalue weighted by atomic mass is 16.5. The van der Waals surface area contributed by atoms with Gasteiger partial charge in [-0.2, -0.15) is 0 Å². The van der Waals surface area contributed by atoms with Crippen molar-refractivity contribution < 1.29 is 14.6 Å². The van der Waals surface area contributed by atoms with Gasteiger partial charge in [-0.1, -0.05) is 0 Å². The molecule has 0 aliphatic heterocycles. The second kappa shape index (κ2) is 6.10. The molecule has 1 aromatic heterocycles. The standard InChI is InChI=1S/C10H14N2O3/c1-15-10(14)8-2-3-9(12-6-8)7-11-4-5-13/h2-3,6,11,13H,4-5,7H2,1H3. The fourth-order valence-electron chi connectivity index (χ4n) is 1.06. The van der Waals surface area contributed by atoms with Crippen LogP contribution in [0, 0.1) is 0 Å². The van der Waals surface area contributed by atoms with Gasteiger partial charge in [-0.05, 0) is 12.1 Å². The first-order valence-electron chi connectivity index (χ1n) is 4.62. The normalized spacial score (nSPS) is 10.0. The molecule has 1 rings (SSSR count). The summed E-state index contributed by atoms with van der Waals surface area (Å²) in [5.41, 5.74) is 1.25. The predicted molar refractivity (Wildman–Crippen MR) is 54.4 cm³/mol. The van der Waals surface area contributed by atoms with E-state index in [1.165, 1.54) is 13.3 Å². The van der Waals surface area contributed by atoms with Crippen LogP contribution in [0.5, 0.6) is 0 Å². The number of carbonyl (C=O) groups is 1. The SMILES string of the molecule is COC(=O)c1ccc(CNCCO)nc1. The maximum absolute atomic E-state index is 11.1. The average molecular weight is 210 g/mol. The molecule has 82 valence electrons. The van der Waals surface area contributed by atoms with Gasteiger partial charge in [0.25, 0.3) is 0 Å². The lowest BCUT2D eigenvalue weighted by Gasteiger charge is -2.03. The number of aliphatic hydroxyl groups excluding tert-OH is 1. The number of hydrogen-bond donors (Lipinski definition) is 2. The third-order valence-electron chi connectivity index (χ3n) is 1.84. The van der Waals surface area contributed by atoms with E-state index >= 15 is 0 Å². The van der Waals surface area contributed by atoms with Gasteiger partial charge in [0, 0.05) is 19.3 Å². The highest BCUT2D eigenvalue weighted by Gasteiger charge is 2.04. The monoisotopic (exact) mass is 210 g/mol. The minimum Gasteiger partial charge on any atom is -0.465 e. The maximum Gasteiger partial charge on any atom is 0.339 e. The number of ether oxygens (including phenoxy) is 1. The third kappa shape index (κ3) is 3.65. The summed E-state index contributed by atoms with van der Waals surface area (Å²) in [4.78, 5) is 15.1. The lowest BCUT2D eigenvalue weighted by Crippen LogP contribution is -2.18. The first-order valence-corrected chi connectivity index (χ1v) is 4.62. The van der Waals surface area contributed by atoms with Crippen molar-refractivity contribution in [1.82, 2.24) is 10.3 Å². The molecular weight excluding hydrogens is 196 g/mol. The van der Waals surface area contributed by atoms with Gasteiger partial charge in [-0.25, -0.2) is 4.79 Å². The zero-order valence-corrected chi connectivity index (χ0v) is 8.56. The van der Waals surface area contributed by atoms with Crippen LogP contribution in [0.3, 0.4) is 0 Å². The van der Waals surface area contributed by atoms with E-state index in [1.807, 2.05) is 0 Å². The van der Waals surface area contributed by atoms with Crippen molar-refractivity contribution in [2.24, 2.45) is 0 Å². The van der Waals surface area contributed by atoms with Gasteiger partial charge in [0.05, 0.1) is 25.0 Å². The van der Waals surface area contributed by atoms with Gasteiger partial charge < -0.3 is 15.2 Å². The van der Waals surface area contributed by atoms with E-state index in [9.17, 15) is 4.79 Å². The van der Waals surface area contributed by atoms with Crippen molar-refractivity contribution in [3.05, 3.63) is 29.6 Å². The Kier molecular flexibility index (Phi) is 4.73. The van der Waals surface area contributed by atoms with Gasteiger partial charge in [0.2, 0.25) is 0 Å². The second-order valence-electron chi connectivity index (χ2n) is 2.93. The van der Waals surface area contributed by atoms with Crippen LogP contribution in [0.2, 0.25) is 0 Å². The summed E-state index contributed by atoms with van der Waals surface area (Å²) in [6, 6.07) is 3.41. The molecule has 0 unspecified atom stereocenters. The van der Waals surface area contributed by atoms with E-state index in [0.29, 0.717) is 18.7 Å². The number of esters is 1. The Labute approximate surface area is 88.1 Å². The van der Waals surface area contributed by atoms with Crippen molar-refractivity contribution in [1.29, 1.82) is 0 Å². The first-order chi connectivity index (χ1) is 7.27. The van der Waals surface area contributed by atoms with Crippen LogP contribution >= 0.6 is 0 Å². The molecule has 0 aromatic carbocycles. The maximum atomic E-state index is 11.1. The minimum atomic E-state index is -0.391. The molecule has 0 fully saturated rings. The molecule has 15 heavy (non-hydrogen) atoms. The molecule has 1 heterocycles. The molecule has 5 heteroatoms. The Bertz CT molecular complexity index is 311. The van der Waals surface area contributed by atoms with E-state index in [1.54, 1.807) is 12.1 Å². The summed E-state index contributed by atoms with van der Waals surface area (Å²) in [6.45, 7) is 1.20. The fraction of sp³-hybridized carbons (Fsp3) is 0.400. The molecule has 0 amide bonds. The number of nitrogens with one attached hydrogen (secondary N) is 1. The Morgan fingerprint density at radius 1 is 1.60 bits per heavy atom. The average Bonchev–Trinajstić information content (AvgIpc) is 2.29. The highest BCUT2D eigenvalue weighted by Crippen LogP contribution is 2.01. The largest absolute Gasteiger partial charge is 0.465 e. The summed E-state index contributed by atoms with van der Waals surface area (Å²) in [7, 11) is 1.33. The van der Waals surface area contributed by atoms with Gasteiger partial charge in [0.1, 0.15) is 0 Å². The minimum absolute atomic E-state index is 0.0975. The van der Waals surface area contributed by atoms with Crippen LogP contribution < -0.4 is 5.32 Å². The summed E-state index contributed by atoms with van der Waals surface area (Å²) >= 11 is 0. The van der Waals surface area contributed by atoms with E-state index < -0.39 is 5.97 Å². The van der Waals surface area contributed by atoms with Gasteiger partial charge >= 0.3 is 5.97 Å². The number of methoxy groups -OCH3 is 1. The highest BCUT2D eigenvalue weighted by molar-refractivity contribution is 5.88. The van der Waals surface area contributed by atoms with Crippen molar-refractivity contribution in [2.45, 2.75) is 6.54 Å². The van der Waals surface area contributed by atoms with Crippen LogP contribution in [0.25, 0.3) is 0 Å². The molecule has 0 bridgehead atoms. The van der Waals surface area contributed by atoms with Gasteiger partial charge in [-0.15, -0.1) is 0 Å². The number of pyridine rings is 1. The number of nitrogens with zero attached hydrogens (tertiary/aromatic N) is 1. The lowest BCUT2D eigenvalue weighted by molar-refractivity contribution is 0.0600. The molecular formula is C10H14N2O3. The molecule has 1 aromatic rings. The Balaban J connectivity index is 2.52. The van der Waals surface area contributed by atoms with E-state index in [-0.39, 0.29) is 6.61 Å².